The molecule has 3 heteroatoms. The van der Waals surface area contributed by atoms with Crippen LogP contribution in [0.3, 0.4) is 0 Å². The lowest BCUT2D eigenvalue weighted by atomic mass is 10.0. The average molecular weight is 214 g/mol. The van der Waals surface area contributed by atoms with Crippen LogP contribution in [0.5, 0.6) is 0 Å². The maximum absolute atomic E-state index is 9.68. The third-order valence-corrected chi connectivity index (χ3v) is 3.24. The van der Waals surface area contributed by atoms with Gasteiger partial charge < -0.3 is 15.3 Å². The lowest BCUT2D eigenvalue weighted by Gasteiger charge is -2.29. The smallest absolute Gasteiger partial charge is 0.0603 e. The van der Waals surface area contributed by atoms with Crippen LogP contribution in [-0.4, -0.2) is 48.3 Å². The number of hydrogen-bond donors (Lipinski definition) is 2. The van der Waals surface area contributed by atoms with Crippen molar-refractivity contribution in [1.29, 1.82) is 0 Å². The van der Waals surface area contributed by atoms with Gasteiger partial charge in [-0.3, -0.25) is 0 Å². The number of hydrogen-bond acceptors (Lipinski definition) is 3. The highest BCUT2D eigenvalue weighted by Crippen LogP contribution is 2.14. The maximum atomic E-state index is 9.68. The van der Waals surface area contributed by atoms with E-state index in [1.165, 1.54) is 19.3 Å². The molecule has 0 aliphatic carbocycles. The predicted molar refractivity (Wildman–Crippen MR) is 64.1 cm³/mol. The third-order valence-electron chi connectivity index (χ3n) is 3.24. The first-order valence-corrected chi connectivity index (χ1v) is 6.12. The van der Waals surface area contributed by atoms with Gasteiger partial charge in [0.05, 0.1) is 5.60 Å². The number of rotatable bonds is 4. The molecule has 90 valence electrons. The molecule has 1 fully saturated rings. The Bertz CT molecular complexity index is 169. The second-order valence-corrected chi connectivity index (χ2v) is 5.38. The first kappa shape index (κ1) is 12.9. The highest BCUT2D eigenvalue weighted by atomic mass is 16.3. The number of nitrogens with zero attached hydrogens (tertiary/aromatic N) is 1. The van der Waals surface area contributed by atoms with Gasteiger partial charge in [-0.2, -0.15) is 0 Å². The summed E-state index contributed by atoms with van der Waals surface area (Å²) in [6.45, 7) is 7.06. The van der Waals surface area contributed by atoms with Crippen LogP contribution in [0.15, 0.2) is 0 Å². The van der Waals surface area contributed by atoms with Gasteiger partial charge in [-0.25, -0.2) is 0 Å². The van der Waals surface area contributed by atoms with E-state index in [9.17, 15) is 5.11 Å². The monoisotopic (exact) mass is 214 g/mol. The normalized spacial score (nSPS) is 24.2. The summed E-state index contributed by atoms with van der Waals surface area (Å²) in [5, 5.41) is 13.1. The summed E-state index contributed by atoms with van der Waals surface area (Å²) in [6.07, 6.45) is 4.66. The van der Waals surface area contributed by atoms with Crippen molar-refractivity contribution >= 4 is 0 Å². The molecule has 1 rings (SSSR count). The van der Waals surface area contributed by atoms with Crippen molar-refractivity contribution in [2.24, 2.45) is 0 Å². The molecule has 0 spiro atoms. The highest BCUT2D eigenvalue weighted by Gasteiger charge is 2.19. The Balaban J connectivity index is 2.28. The fourth-order valence-electron chi connectivity index (χ4n) is 2.07. The van der Waals surface area contributed by atoms with Crippen molar-refractivity contribution in [2.75, 3.05) is 26.7 Å². The van der Waals surface area contributed by atoms with E-state index in [2.05, 4.69) is 17.3 Å². The minimum Gasteiger partial charge on any atom is -0.390 e. The quantitative estimate of drug-likeness (QED) is 0.738. The summed E-state index contributed by atoms with van der Waals surface area (Å²) >= 11 is 0. The van der Waals surface area contributed by atoms with Gasteiger partial charge >= 0.3 is 0 Å². The van der Waals surface area contributed by atoms with Crippen LogP contribution < -0.4 is 5.32 Å². The maximum Gasteiger partial charge on any atom is 0.0603 e. The Kier molecular flexibility index (Phi) is 5.03. The molecule has 0 aromatic rings. The van der Waals surface area contributed by atoms with Crippen LogP contribution in [0.4, 0.5) is 0 Å². The number of nitrogens with one attached hydrogen (secondary N) is 1. The van der Waals surface area contributed by atoms with Crippen LogP contribution in [0.1, 0.15) is 39.5 Å². The van der Waals surface area contributed by atoms with Crippen molar-refractivity contribution in [2.45, 2.75) is 51.2 Å². The molecule has 0 radical (unpaired) electrons. The van der Waals surface area contributed by atoms with Crippen LogP contribution >= 0.6 is 0 Å². The Hall–Kier alpha value is -0.120. The van der Waals surface area contributed by atoms with Gasteiger partial charge in [-0.05, 0) is 59.7 Å². The molecule has 0 aromatic carbocycles. The second-order valence-electron chi connectivity index (χ2n) is 5.38. The van der Waals surface area contributed by atoms with Crippen molar-refractivity contribution in [1.82, 2.24) is 10.2 Å². The van der Waals surface area contributed by atoms with E-state index in [1.807, 2.05) is 13.8 Å². The largest absolute Gasteiger partial charge is 0.390 e. The van der Waals surface area contributed by atoms with Gasteiger partial charge in [0.1, 0.15) is 0 Å². The van der Waals surface area contributed by atoms with Gasteiger partial charge in [0.15, 0.2) is 0 Å². The van der Waals surface area contributed by atoms with E-state index in [0.717, 1.165) is 26.1 Å². The van der Waals surface area contributed by atoms with Crippen LogP contribution in [-0.2, 0) is 0 Å². The molecule has 1 aliphatic heterocycles. The second kappa shape index (κ2) is 5.83. The number of aliphatic hydroxyl groups is 1. The molecule has 3 nitrogen and oxygen atoms in total. The Morgan fingerprint density at radius 2 is 2.07 bits per heavy atom. The lowest BCUT2D eigenvalue weighted by Crippen LogP contribution is -2.36. The lowest BCUT2D eigenvalue weighted by molar-refractivity contribution is 0.0546. The standard InChI is InChI=1S/C12H26N2O/c1-12(2,15)7-10-14(3)11-5-4-8-13-9-6-11/h11,13,15H,4-10H2,1-3H3. The zero-order chi connectivity index (χ0) is 11.3. The summed E-state index contributed by atoms with van der Waals surface area (Å²) in [7, 11) is 2.18. The zero-order valence-corrected chi connectivity index (χ0v) is 10.4. The molecular formula is C12H26N2O. The first-order valence-electron chi connectivity index (χ1n) is 6.12. The molecule has 0 saturated carbocycles. The van der Waals surface area contributed by atoms with E-state index in [1.54, 1.807) is 0 Å². The molecule has 0 bridgehead atoms. The van der Waals surface area contributed by atoms with Gasteiger partial charge in [0.2, 0.25) is 0 Å². The molecule has 1 saturated heterocycles. The van der Waals surface area contributed by atoms with Gasteiger partial charge in [0.25, 0.3) is 0 Å². The van der Waals surface area contributed by atoms with E-state index >= 15 is 0 Å². The molecule has 0 aromatic heterocycles. The first-order chi connectivity index (χ1) is 6.99. The van der Waals surface area contributed by atoms with Gasteiger partial charge in [-0.15, -0.1) is 0 Å². The van der Waals surface area contributed by atoms with Gasteiger partial charge in [-0.1, -0.05) is 0 Å². The third kappa shape index (κ3) is 5.50. The van der Waals surface area contributed by atoms with E-state index in [-0.39, 0.29) is 0 Å². The molecule has 1 unspecified atom stereocenters. The van der Waals surface area contributed by atoms with Crippen molar-refractivity contribution < 1.29 is 5.11 Å². The van der Waals surface area contributed by atoms with Crippen LogP contribution in [0, 0.1) is 0 Å². The van der Waals surface area contributed by atoms with Crippen LogP contribution in [0.25, 0.3) is 0 Å². The summed E-state index contributed by atoms with van der Waals surface area (Å²) < 4.78 is 0. The minimum absolute atomic E-state index is 0.531. The minimum atomic E-state index is -0.531. The van der Waals surface area contributed by atoms with Crippen molar-refractivity contribution in [3.8, 4) is 0 Å². The van der Waals surface area contributed by atoms with Crippen molar-refractivity contribution in [3.63, 3.8) is 0 Å². The topological polar surface area (TPSA) is 35.5 Å². The van der Waals surface area contributed by atoms with E-state index in [4.69, 9.17) is 0 Å². The summed E-state index contributed by atoms with van der Waals surface area (Å²) in [6, 6.07) is 0.697. The summed E-state index contributed by atoms with van der Waals surface area (Å²) in [5.74, 6) is 0. The molecule has 2 N–H and O–H groups in total. The molecule has 1 heterocycles. The predicted octanol–water partition coefficient (Wildman–Crippen LogP) is 1.22. The Morgan fingerprint density at radius 1 is 1.33 bits per heavy atom. The molecule has 0 amide bonds. The van der Waals surface area contributed by atoms with Crippen molar-refractivity contribution in [3.05, 3.63) is 0 Å². The zero-order valence-electron chi connectivity index (χ0n) is 10.4. The average Bonchev–Trinajstić information content (AvgIpc) is 2.41. The molecule has 15 heavy (non-hydrogen) atoms. The van der Waals surface area contributed by atoms with Gasteiger partial charge in [0, 0.05) is 12.6 Å². The molecular weight excluding hydrogens is 188 g/mol. The Labute approximate surface area is 93.9 Å². The Morgan fingerprint density at radius 3 is 2.73 bits per heavy atom. The molecule has 1 aliphatic rings. The fraction of sp³-hybridized carbons (Fsp3) is 1.00. The fourth-order valence-corrected chi connectivity index (χ4v) is 2.07. The summed E-state index contributed by atoms with van der Waals surface area (Å²) in [4.78, 5) is 2.41. The van der Waals surface area contributed by atoms with Crippen LogP contribution in [0.2, 0.25) is 0 Å². The molecule has 1 atom stereocenters. The summed E-state index contributed by atoms with van der Waals surface area (Å²) in [5.41, 5.74) is -0.531. The highest BCUT2D eigenvalue weighted by molar-refractivity contribution is 4.76. The SMILES string of the molecule is CN(CCC(C)(C)O)C1CCCNCC1. The van der Waals surface area contributed by atoms with E-state index < -0.39 is 5.60 Å². The van der Waals surface area contributed by atoms with E-state index in [0.29, 0.717) is 6.04 Å².